The van der Waals surface area contributed by atoms with Crippen LogP contribution in [0.5, 0.6) is 0 Å². The van der Waals surface area contributed by atoms with Gasteiger partial charge in [0, 0.05) is 29.6 Å². The Kier molecular flexibility index (Phi) is 5.45. The summed E-state index contributed by atoms with van der Waals surface area (Å²) in [4.78, 5) is 31.7. The summed E-state index contributed by atoms with van der Waals surface area (Å²) in [5.41, 5.74) is 3.67. The monoisotopic (exact) mass is 405 g/mol. The van der Waals surface area contributed by atoms with Gasteiger partial charge in [-0.05, 0) is 31.5 Å². The second-order valence-corrected chi connectivity index (χ2v) is 8.42. The molecule has 1 saturated heterocycles. The summed E-state index contributed by atoms with van der Waals surface area (Å²) in [5, 5.41) is 5.99. The molecule has 1 aromatic heterocycles. The van der Waals surface area contributed by atoms with Crippen molar-refractivity contribution >= 4 is 28.8 Å². The van der Waals surface area contributed by atoms with E-state index in [-0.39, 0.29) is 30.2 Å². The van der Waals surface area contributed by atoms with E-state index in [1.807, 2.05) is 73.8 Å². The van der Waals surface area contributed by atoms with Crippen molar-refractivity contribution in [2.45, 2.75) is 26.3 Å². The van der Waals surface area contributed by atoms with E-state index in [0.717, 1.165) is 27.5 Å². The van der Waals surface area contributed by atoms with E-state index in [0.29, 0.717) is 6.54 Å². The number of nitrogens with zero attached hydrogens (tertiary/aromatic N) is 2. The number of aryl methyl sites for hydroxylation is 1. The van der Waals surface area contributed by atoms with Gasteiger partial charge in [-0.25, -0.2) is 4.98 Å². The van der Waals surface area contributed by atoms with Crippen LogP contribution < -0.4 is 5.32 Å². The third-order valence-corrected chi connectivity index (χ3v) is 6.10. The summed E-state index contributed by atoms with van der Waals surface area (Å²) in [7, 11) is 0. The first-order chi connectivity index (χ1) is 14.0. The molecule has 0 saturated carbocycles. The van der Waals surface area contributed by atoms with Gasteiger partial charge < -0.3 is 10.2 Å². The van der Waals surface area contributed by atoms with Crippen molar-refractivity contribution in [2.75, 3.05) is 11.9 Å². The van der Waals surface area contributed by atoms with Crippen LogP contribution in [0.25, 0.3) is 11.3 Å². The maximum Gasteiger partial charge on any atom is 0.229 e. The third kappa shape index (κ3) is 4.22. The lowest BCUT2D eigenvalue weighted by molar-refractivity contribution is -0.129. The third-order valence-electron chi connectivity index (χ3n) is 5.32. The van der Waals surface area contributed by atoms with Crippen molar-refractivity contribution in [3.63, 3.8) is 0 Å². The molecule has 4 rings (SSSR count). The minimum Gasteiger partial charge on any atom is -0.335 e. The highest BCUT2D eigenvalue weighted by Crippen LogP contribution is 2.30. The molecule has 0 spiro atoms. The molecule has 0 bridgehead atoms. The van der Waals surface area contributed by atoms with Gasteiger partial charge in [0.1, 0.15) is 0 Å². The number of anilines is 1. The number of rotatable bonds is 5. The Labute approximate surface area is 174 Å². The highest BCUT2D eigenvalue weighted by Gasteiger charge is 2.37. The molecule has 3 aromatic rings. The largest absolute Gasteiger partial charge is 0.335 e. The van der Waals surface area contributed by atoms with Crippen molar-refractivity contribution in [2.24, 2.45) is 5.92 Å². The smallest absolute Gasteiger partial charge is 0.229 e. The van der Waals surface area contributed by atoms with Crippen molar-refractivity contribution in [1.82, 2.24) is 9.88 Å². The summed E-state index contributed by atoms with van der Waals surface area (Å²) in [6.45, 7) is 4.41. The van der Waals surface area contributed by atoms with E-state index in [9.17, 15) is 9.59 Å². The zero-order valence-electron chi connectivity index (χ0n) is 16.5. The first-order valence-corrected chi connectivity index (χ1v) is 10.6. The minimum absolute atomic E-state index is 0.0215. The Morgan fingerprint density at radius 2 is 2.00 bits per heavy atom. The predicted octanol–water partition coefficient (Wildman–Crippen LogP) is 4.67. The lowest BCUT2D eigenvalue weighted by Gasteiger charge is -2.25. The molecule has 0 unspecified atom stereocenters. The number of likely N-dealkylation sites (tertiary alicyclic amines) is 1. The van der Waals surface area contributed by atoms with Crippen LogP contribution in [-0.2, 0) is 9.59 Å². The molecule has 2 aromatic carbocycles. The normalized spacial score (nSPS) is 17.4. The lowest BCUT2D eigenvalue weighted by atomic mass is 10.1. The first kappa shape index (κ1) is 19.3. The van der Waals surface area contributed by atoms with Crippen molar-refractivity contribution in [1.29, 1.82) is 0 Å². The van der Waals surface area contributed by atoms with Gasteiger partial charge in [-0.3, -0.25) is 9.59 Å². The molecule has 1 aliphatic rings. The van der Waals surface area contributed by atoms with Gasteiger partial charge in [0.2, 0.25) is 11.8 Å². The molecule has 1 fully saturated rings. The first-order valence-electron chi connectivity index (χ1n) is 9.69. The average Bonchev–Trinajstić information content (AvgIpc) is 3.34. The number of nitrogens with one attached hydrogen (secondary N) is 1. The zero-order valence-corrected chi connectivity index (χ0v) is 17.3. The summed E-state index contributed by atoms with van der Waals surface area (Å²) < 4.78 is 0. The Bertz CT molecular complexity index is 1030. The fraction of sp³-hybridized carbons (Fsp3) is 0.261. The van der Waals surface area contributed by atoms with Gasteiger partial charge in [-0.2, -0.15) is 0 Å². The van der Waals surface area contributed by atoms with Crippen LogP contribution in [0.3, 0.4) is 0 Å². The van der Waals surface area contributed by atoms with Crippen molar-refractivity contribution in [3.8, 4) is 11.3 Å². The fourth-order valence-electron chi connectivity index (χ4n) is 3.69. The summed E-state index contributed by atoms with van der Waals surface area (Å²) >= 11 is 1.60. The Hall–Kier alpha value is -2.99. The second-order valence-electron chi connectivity index (χ2n) is 7.36. The summed E-state index contributed by atoms with van der Waals surface area (Å²) in [6.07, 6.45) is 0.244. The van der Waals surface area contributed by atoms with Crippen LogP contribution in [0.4, 0.5) is 5.69 Å². The Morgan fingerprint density at radius 1 is 1.21 bits per heavy atom. The van der Waals surface area contributed by atoms with Crippen molar-refractivity contribution in [3.05, 3.63) is 70.5 Å². The number of thiazole rings is 1. The maximum atomic E-state index is 12.8. The van der Waals surface area contributed by atoms with Crippen LogP contribution in [0.15, 0.2) is 60.0 Å². The molecule has 1 N–H and O–H groups in total. The van der Waals surface area contributed by atoms with Crippen LogP contribution in [0.1, 0.15) is 30.0 Å². The van der Waals surface area contributed by atoms with Gasteiger partial charge in [-0.1, -0.05) is 42.5 Å². The predicted molar refractivity (Wildman–Crippen MR) is 116 cm³/mol. The highest BCUT2D eigenvalue weighted by molar-refractivity contribution is 7.09. The highest BCUT2D eigenvalue weighted by atomic mass is 32.1. The molecule has 2 atom stereocenters. The average molecular weight is 406 g/mol. The number of hydrogen-bond acceptors (Lipinski definition) is 4. The SMILES string of the molecule is Cc1nc(-c2cccc(NC(=O)[C@H]3CC(=O)N([C@H](C)c4ccccc4)C3)c2)cs1. The van der Waals surface area contributed by atoms with E-state index < -0.39 is 0 Å². The quantitative estimate of drug-likeness (QED) is 0.671. The number of hydrogen-bond donors (Lipinski definition) is 1. The Morgan fingerprint density at radius 3 is 2.72 bits per heavy atom. The number of benzene rings is 2. The molecule has 6 heteroatoms. The molecular weight excluding hydrogens is 382 g/mol. The molecule has 2 amide bonds. The molecule has 2 heterocycles. The molecule has 0 radical (unpaired) electrons. The lowest BCUT2D eigenvalue weighted by Crippen LogP contribution is -2.30. The number of carbonyl (C=O) groups excluding carboxylic acids is 2. The van der Waals surface area contributed by atoms with E-state index in [4.69, 9.17) is 0 Å². The molecule has 148 valence electrons. The van der Waals surface area contributed by atoms with E-state index in [2.05, 4.69) is 10.3 Å². The fourth-order valence-corrected chi connectivity index (χ4v) is 4.31. The van der Waals surface area contributed by atoms with Gasteiger partial charge >= 0.3 is 0 Å². The Balaban J connectivity index is 1.44. The van der Waals surface area contributed by atoms with Crippen molar-refractivity contribution < 1.29 is 9.59 Å². The molecule has 1 aliphatic heterocycles. The summed E-state index contributed by atoms with van der Waals surface area (Å²) in [5.74, 6) is -0.445. The van der Waals surface area contributed by atoms with Crippen LogP contribution in [-0.4, -0.2) is 28.2 Å². The van der Waals surface area contributed by atoms with Gasteiger partial charge in [-0.15, -0.1) is 11.3 Å². The van der Waals surface area contributed by atoms with E-state index in [1.54, 1.807) is 16.2 Å². The molecule has 29 heavy (non-hydrogen) atoms. The number of aromatic nitrogens is 1. The number of carbonyl (C=O) groups is 2. The van der Waals surface area contributed by atoms with Gasteiger partial charge in [0.15, 0.2) is 0 Å². The topological polar surface area (TPSA) is 62.3 Å². The second kappa shape index (κ2) is 8.17. The molecule has 0 aliphatic carbocycles. The summed E-state index contributed by atoms with van der Waals surface area (Å²) in [6, 6.07) is 17.5. The molecular formula is C23H23N3O2S. The standard InChI is InChI=1S/C23H23N3O2S/c1-15(17-7-4-3-5-8-17)26-13-19(12-22(26)27)23(28)25-20-10-6-9-18(11-20)21-14-29-16(2)24-21/h3-11,14-15,19H,12-13H2,1-2H3,(H,25,28)/t15-,19+/m1/s1. The van der Waals surface area contributed by atoms with E-state index >= 15 is 0 Å². The number of amides is 2. The van der Waals surface area contributed by atoms with Gasteiger partial charge in [0.25, 0.3) is 0 Å². The van der Waals surface area contributed by atoms with Crippen LogP contribution >= 0.6 is 11.3 Å². The minimum atomic E-state index is -0.348. The van der Waals surface area contributed by atoms with E-state index in [1.165, 1.54) is 0 Å². The van der Waals surface area contributed by atoms with Crippen LogP contribution in [0.2, 0.25) is 0 Å². The molecule has 5 nitrogen and oxygen atoms in total. The maximum absolute atomic E-state index is 12.8. The zero-order chi connectivity index (χ0) is 20.4. The van der Waals surface area contributed by atoms with Crippen LogP contribution in [0, 0.1) is 12.8 Å². The van der Waals surface area contributed by atoms with Gasteiger partial charge in [0.05, 0.1) is 22.7 Å².